The molecular weight excluding hydrogens is 388 g/mol. The number of pyridine rings is 1. The Kier molecular flexibility index (Phi) is 4.85. The minimum Gasteiger partial charge on any atom is -0.481 e. The predicted molar refractivity (Wildman–Crippen MR) is 110 cm³/mol. The van der Waals surface area contributed by atoms with E-state index in [0.29, 0.717) is 26.4 Å². The number of nitrogens with one attached hydrogen (secondary N) is 1. The number of nitrogens with zero attached hydrogens (tertiary/aromatic N) is 3. The molecule has 4 aromatic rings. The van der Waals surface area contributed by atoms with Crippen molar-refractivity contribution in [1.29, 1.82) is 4.78 Å². The summed E-state index contributed by atoms with van der Waals surface area (Å²) in [6.45, 7) is 0.271. The summed E-state index contributed by atoms with van der Waals surface area (Å²) in [5.41, 5.74) is 0.552. The molecule has 2 aromatic carbocycles. The average molecular weight is 406 g/mol. The third kappa shape index (κ3) is 3.62. The quantitative estimate of drug-likeness (QED) is 0.548. The van der Waals surface area contributed by atoms with Crippen molar-refractivity contribution >= 4 is 20.5 Å². The molecule has 0 amide bonds. The summed E-state index contributed by atoms with van der Waals surface area (Å²) in [5, 5.41) is 5.23. The van der Waals surface area contributed by atoms with Gasteiger partial charge in [0.25, 0.3) is 5.56 Å². The van der Waals surface area contributed by atoms with Gasteiger partial charge in [-0.1, -0.05) is 24.3 Å². The molecule has 0 spiro atoms. The molecule has 29 heavy (non-hydrogen) atoms. The first-order chi connectivity index (χ1) is 14.0. The van der Waals surface area contributed by atoms with E-state index >= 15 is 0 Å². The smallest absolute Gasteiger partial charge is 0.274 e. The predicted octanol–water partition coefficient (Wildman–Crippen LogP) is 3.31. The lowest BCUT2D eigenvalue weighted by atomic mass is 10.2. The molecule has 8 heteroatoms. The van der Waals surface area contributed by atoms with E-state index in [1.165, 1.54) is 4.68 Å². The van der Waals surface area contributed by atoms with Crippen molar-refractivity contribution in [2.75, 3.05) is 7.11 Å². The third-order valence-corrected chi connectivity index (χ3v) is 6.42. The number of hydrogen-bond donors (Lipinski definition) is 1. The Morgan fingerprint density at radius 1 is 1.03 bits per heavy atom. The molecule has 2 aromatic heterocycles. The summed E-state index contributed by atoms with van der Waals surface area (Å²) in [6.07, 6.45) is 3.19. The van der Waals surface area contributed by atoms with Gasteiger partial charge in [0.1, 0.15) is 9.73 Å². The number of hydrogen-bond acceptors (Lipinski definition) is 6. The molecule has 4 rings (SSSR count). The number of aromatic nitrogens is 3. The van der Waals surface area contributed by atoms with Crippen molar-refractivity contribution in [2.45, 2.75) is 16.3 Å². The highest BCUT2D eigenvalue weighted by molar-refractivity contribution is 7.92. The van der Waals surface area contributed by atoms with Crippen molar-refractivity contribution in [3.8, 4) is 5.88 Å². The minimum atomic E-state index is -3.17. The molecule has 0 aliphatic heterocycles. The maximum absolute atomic E-state index is 13.0. The van der Waals surface area contributed by atoms with E-state index in [0.717, 1.165) is 5.56 Å². The summed E-state index contributed by atoms with van der Waals surface area (Å²) in [7, 11) is -1.63. The van der Waals surface area contributed by atoms with Gasteiger partial charge in [-0.2, -0.15) is 5.10 Å². The van der Waals surface area contributed by atoms with Gasteiger partial charge >= 0.3 is 0 Å². The summed E-state index contributed by atoms with van der Waals surface area (Å²) >= 11 is 0. The molecule has 0 fully saturated rings. The van der Waals surface area contributed by atoms with Crippen molar-refractivity contribution in [3.05, 3.63) is 89.0 Å². The van der Waals surface area contributed by atoms with E-state index in [-0.39, 0.29) is 12.1 Å². The van der Waals surface area contributed by atoms with E-state index < -0.39 is 9.73 Å². The highest BCUT2D eigenvalue weighted by Gasteiger charge is 2.15. The molecule has 1 N–H and O–H groups in total. The summed E-state index contributed by atoms with van der Waals surface area (Å²) in [4.78, 5) is 17.7. The van der Waals surface area contributed by atoms with Crippen LogP contribution in [0.2, 0.25) is 0 Å². The Bertz CT molecular complexity index is 1330. The van der Waals surface area contributed by atoms with Gasteiger partial charge in [-0.15, -0.1) is 0 Å². The Balaban J connectivity index is 1.71. The summed E-state index contributed by atoms with van der Waals surface area (Å²) < 4.78 is 27.8. The monoisotopic (exact) mass is 406 g/mol. The third-order valence-electron chi connectivity index (χ3n) is 4.57. The van der Waals surface area contributed by atoms with Crippen molar-refractivity contribution in [3.63, 3.8) is 0 Å². The topological polar surface area (TPSA) is 97.9 Å². The second-order valence-corrected chi connectivity index (χ2v) is 8.49. The van der Waals surface area contributed by atoms with Gasteiger partial charge in [-0.3, -0.25) is 4.79 Å². The number of ether oxygens (including phenoxy) is 1. The minimum absolute atomic E-state index is 0.263. The van der Waals surface area contributed by atoms with Crippen LogP contribution >= 0.6 is 0 Å². The van der Waals surface area contributed by atoms with Gasteiger partial charge in [0.15, 0.2) is 0 Å². The van der Waals surface area contributed by atoms with Gasteiger partial charge < -0.3 is 4.74 Å². The van der Waals surface area contributed by atoms with E-state index in [9.17, 15) is 9.00 Å². The first-order valence-corrected chi connectivity index (χ1v) is 10.4. The molecule has 0 aliphatic rings. The van der Waals surface area contributed by atoms with Crippen molar-refractivity contribution in [2.24, 2.45) is 0 Å². The van der Waals surface area contributed by atoms with Crippen LogP contribution in [0.3, 0.4) is 0 Å². The molecule has 0 bridgehead atoms. The van der Waals surface area contributed by atoms with Crippen LogP contribution in [0, 0.1) is 4.78 Å². The van der Waals surface area contributed by atoms with E-state index in [2.05, 4.69) is 10.1 Å². The van der Waals surface area contributed by atoms with Crippen LogP contribution in [-0.4, -0.2) is 26.1 Å². The standard InChI is InChI=1S/C21H18N4O3S/c1-28-20-10-7-15(12-23-20)14-25-21(26)19-9-8-18(11-16(19)13-24-25)29(22,27)17-5-3-2-4-6-17/h2-13,22H,14H2,1H3. The van der Waals surface area contributed by atoms with Crippen LogP contribution in [0.1, 0.15) is 5.56 Å². The zero-order valence-corrected chi connectivity index (χ0v) is 16.4. The maximum Gasteiger partial charge on any atom is 0.274 e. The second-order valence-electron chi connectivity index (χ2n) is 6.43. The SMILES string of the molecule is COc1ccc(Cn2ncc3cc(S(=N)(=O)c4ccccc4)ccc3c2=O)cn1. The van der Waals surface area contributed by atoms with Crippen LogP contribution in [0.4, 0.5) is 0 Å². The van der Waals surface area contributed by atoms with Crippen molar-refractivity contribution in [1.82, 2.24) is 14.8 Å². The highest BCUT2D eigenvalue weighted by Crippen LogP contribution is 2.24. The van der Waals surface area contributed by atoms with E-state index in [4.69, 9.17) is 9.52 Å². The van der Waals surface area contributed by atoms with Crippen LogP contribution in [-0.2, 0) is 16.3 Å². The number of methoxy groups -OCH3 is 1. The fourth-order valence-corrected chi connectivity index (χ4v) is 4.37. The zero-order valence-electron chi connectivity index (χ0n) is 15.6. The van der Waals surface area contributed by atoms with Gasteiger partial charge in [0.05, 0.1) is 35.0 Å². The lowest BCUT2D eigenvalue weighted by Crippen LogP contribution is -2.23. The molecule has 0 saturated carbocycles. The van der Waals surface area contributed by atoms with Crippen LogP contribution in [0.15, 0.2) is 87.6 Å². The Morgan fingerprint density at radius 2 is 1.83 bits per heavy atom. The first kappa shape index (κ1) is 18.8. The Labute approximate surface area is 167 Å². The Morgan fingerprint density at radius 3 is 2.52 bits per heavy atom. The Hall–Kier alpha value is -3.52. The normalized spacial score (nSPS) is 13.1. The average Bonchev–Trinajstić information content (AvgIpc) is 2.76. The van der Waals surface area contributed by atoms with E-state index in [1.54, 1.807) is 68.0 Å². The van der Waals surface area contributed by atoms with Crippen LogP contribution in [0.5, 0.6) is 5.88 Å². The van der Waals surface area contributed by atoms with Gasteiger partial charge in [0.2, 0.25) is 5.88 Å². The molecule has 0 saturated heterocycles. The van der Waals surface area contributed by atoms with Crippen LogP contribution in [0.25, 0.3) is 10.8 Å². The lowest BCUT2D eigenvalue weighted by Gasteiger charge is -2.10. The fourth-order valence-electron chi connectivity index (χ4n) is 3.00. The number of benzene rings is 2. The summed E-state index contributed by atoms with van der Waals surface area (Å²) in [5.74, 6) is 0.498. The largest absolute Gasteiger partial charge is 0.481 e. The first-order valence-electron chi connectivity index (χ1n) is 8.82. The fraction of sp³-hybridized carbons (Fsp3) is 0.0952. The molecule has 2 heterocycles. The molecule has 0 radical (unpaired) electrons. The molecule has 1 unspecified atom stereocenters. The molecular formula is C21H18N4O3S. The molecule has 7 nitrogen and oxygen atoms in total. The van der Waals surface area contributed by atoms with Gasteiger partial charge in [-0.05, 0) is 35.9 Å². The maximum atomic E-state index is 13.0. The number of rotatable bonds is 5. The second kappa shape index (κ2) is 7.48. The van der Waals surface area contributed by atoms with Crippen LogP contribution < -0.4 is 10.3 Å². The lowest BCUT2D eigenvalue weighted by molar-refractivity contribution is 0.397. The highest BCUT2D eigenvalue weighted by atomic mass is 32.2. The molecule has 1 atom stereocenters. The van der Waals surface area contributed by atoms with Gasteiger partial charge in [0, 0.05) is 17.6 Å². The van der Waals surface area contributed by atoms with E-state index in [1.807, 2.05) is 12.1 Å². The zero-order chi connectivity index (χ0) is 20.4. The number of fused-ring (bicyclic) bond motifs is 1. The molecule has 146 valence electrons. The van der Waals surface area contributed by atoms with Gasteiger partial charge in [-0.25, -0.2) is 18.7 Å². The van der Waals surface area contributed by atoms with Crippen molar-refractivity contribution < 1.29 is 8.95 Å². The summed E-state index contributed by atoms with van der Waals surface area (Å²) in [6, 6.07) is 17.0. The molecule has 0 aliphatic carbocycles.